The summed E-state index contributed by atoms with van der Waals surface area (Å²) in [6, 6.07) is 0. The third-order valence-corrected chi connectivity index (χ3v) is 6.71. The monoisotopic (exact) mass is 407 g/mol. The fourth-order valence-corrected chi connectivity index (χ4v) is 3.98. The summed E-state index contributed by atoms with van der Waals surface area (Å²) in [5.41, 5.74) is 0. The van der Waals surface area contributed by atoms with Gasteiger partial charge in [-0.3, -0.25) is 0 Å². The molecule has 0 rings (SSSR count). The number of carbonyl (C=O) groups is 1. The number of rotatable bonds is 13. The van der Waals surface area contributed by atoms with Crippen molar-refractivity contribution in [3.8, 4) is 0 Å². The van der Waals surface area contributed by atoms with Gasteiger partial charge in [0.1, 0.15) is 0 Å². The average Bonchev–Trinajstić information content (AvgIpc) is 2.59. The Morgan fingerprint density at radius 3 is 2.08 bits per heavy atom. The SMILES string of the molecule is CCC[C@@H](C)[C](=[V])[C@H](C)C[C@H](C)CC(C)C(O)C(C)C(=O)O[C@@H](O)CC. The van der Waals surface area contributed by atoms with Gasteiger partial charge in [-0.1, -0.05) is 6.92 Å². The van der Waals surface area contributed by atoms with Gasteiger partial charge in [0.2, 0.25) is 0 Å². The summed E-state index contributed by atoms with van der Waals surface area (Å²) in [5, 5.41) is 20.0. The van der Waals surface area contributed by atoms with Gasteiger partial charge >= 0.3 is 163 Å². The molecule has 0 aliphatic heterocycles. The maximum atomic E-state index is 12.0. The Morgan fingerprint density at radius 1 is 1.00 bits per heavy atom. The van der Waals surface area contributed by atoms with Crippen LogP contribution in [0.4, 0.5) is 0 Å². The Labute approximate surface area is 169 Å². The number of hydrogen-bond acceptors (Lipinski definition) is 4. The van der Waals surface area contributed by atoms with Crippen molar-refractivity contribution in [3.05, 3.63) is 0 Å². The van der Waals surface area contributed by atoms with Crippen LogP contribution < -0.4 is 0 Å². The van der Waals surface area contributed by atoms with Crippen LogP contribution in [0.1, 0.15) is 80.6 Å². The van der Waals surface area contributed by atoms with Gasteiger partial charge in [0, 0.05) is 0 Å². The average molecular weight is 407 g/mol. The standard InChI is InChI=1S/C21H40O4.V/c1-8-10-14(3)11-15(4)12-16(5)13-17(6)20(23)18(7)21(24)25-19(22)9-2;/h14-20,22-23H,8-10,12-13H2,1-7H3;/t14-,15+,16+,17?,18?,19-,20?;/m1./s1. The molecule has 0 saturated carbocycles. The first-order chi connectivity index (χ1) is 12.0. The second kappa shape index (κ2) is 13.1. The molecule has 26 heavy (non-hydrogen) atoms. The fraction of sp³-hybridized carbons (Fsp3) is 0.905. The van der Waals surface area contributed by atoms with Gasteiger partial charge in [-0.2, -0.15) is 0 Å². The van der Waals surface area contributed by atoms with E-state index in [0.29, 0.717) is 24.2 Å². The van der Waals surface area contributed by atoms with Gasteiger partial charge in [-0.05, 0) is 0 Å². The van der Waals surface area contributed by atoms with Crippen LogP contribution in [0, 0.1) is 29.6 Å². The van der Waals surface area contributed by atoms with Crippen molar-refractivity contribution < 1.29 is 36.7 Å². The van der Waals surface area contributed by atoms with E-state index in [9.17, 15) is 15.0 Å². The van der Waals surface area contributed by atoms with E-state index in [-0.39, 0.29) is 5.92 Å². The number of aliphatic hydroxyl groups excluding tert-OH is 2. The molecular formula is C21H40O4V. The predicted molar refractivity (Wildman–Crippen MR) is 103 cm³/mol. The smallest absolute Gasteiger partial charge is 0.0594 e. The Balaban J connectivity index is 4.53. The zero-order valence-electron chi connectivity index (χ0n) is 17.7. The molecule has 0 amide bonds. The van der Waals surface area contributed by atoms with Gasteiger partial charge in [-0.25, -0.2) is 0 Å². The molecule has 5 heteroatoms. The summed E-state index contributed by atoms with van der Waals surface area (Å²) >= 11 is 2.78. The van der Waals surface area contributed by atoms with Crippen LogP contribution in [0.5, 0.6) is 0 Å². The van der Waals surface area contributed by atoms with Crippen molar-refractivity contribution in [2.24, 2.45) is 29.6 Å². The minimum atomic E-state index is -1.09. The van der Waals surface area contributed by atoms with E-state index in [1.54, 1.807) is 13.8 Å². The summed E-state index contributed by atoms with van der Waals surface area (Å²) < 4.78 is 6.44. The van der Waals surface area contributed by atoms with Crippen LogP contribution in [0.2, 0.25) is 0 Å². The summed E-state index contributed by atoms with van der Waals surface area (Å²) in [5.74, 6) is 0.469. The van der Waals surface area contributed by atoms with E-state index in [1.807, 2.05) is 6.92 Å². The van der Waals surface area contributed by atoms with Gasteiger partial charge in [0.05, 0.1) is 0 Å². The van der Waals surface area contributed by atoms with E-state index in [4.69, 9.17) is 4.74 Å². The molecule has 3 unspecified atom stereocenters. The fourth-order valence-electron chi connectivity index (χ4n) is 3.62. The van der Waals surface area contributed by atoms with Crippen LogP contribution in [0.25, 0.3) is 0 Å². The molecule has 0 fully saturated rings. The topological polar surface area (TPSA) is 66.8 Å². The second-order valence-corrected chi connectivity index (χ2v) is 8.95. The first-order valence-corrected chi connectivity index (χ1v) is 10.9. The molecule has 0 aromatic carbocycles. The van der Waals surface area contributed by atoms with Gasteiger partial charge in [0.25, 0.3) is 0 Å². The molecule has 0 heterocycles. The minimum Gasteiger partial charge on any atom is -0.0594 e. The molecule has 0 aliphatic carbocycles. The maximum absolute atomic E-state index is 12.0. The van der Waals surface area contributed by atoms with Crippen LogP contribution in [0.15, 0.2) is 0 Å². The summed E-state index contributed by atoms with van der Waals surface area (Å²) in [7, 11) is 0. The summed E-state index contributed by atoms with van der Waals surface area (Å²) in [6.45, 7) is 14.4. The first-order valence-electron chi connectivity index (χ1n) is 10.2. The first kappa shape index (κ1) is 25.8. The molecule has 0 radical (unpaired) electrons. The number of carbonyl (C=O) groups excluding carboxylic acids is 1. The molecule has 0 spiro atoms. The van der Waals surface area contributed by atoms with Gasteiger partial charge < -0.3 is 0 Å². The predicted octanol–water partition coefficient (Wildman–Crippen LogP) is 4.10. The molecule has 153 valence electrons. The normalized spacial score (nSPS) is 19.7. The van der Waals surface area contributed by atoms with Crippen molar-refractivity contribution in [1.29, 1.82) is 0 Å². The van der Waals surface area contributed by atoms with Crippen LogP contribution in [-0.2, 0) is 26.5 Å². The van der Waals surface area contributed by atoms with Crippen molar-refractivity contribution in [3.63, 3.8) is 0 Å². The van der Waals surface area contributed by atoms with Gasteiger partial charge in [0.15, 0.2) is 0 Å². The Bertz CT molecular complexity index is 426. The molecule has 0 bridgehead atoms. The second-order valence-electron chi connectivity index (χ2n) is 8.15. The summed E-state index contributed by atoms with van der Waals surface area (Å²) in [4.78, 5) is 12.0. The molecule has 2 N–H and O–H groups in total. The third-order valence-electron chi connectivity index (χ3n) is 5.33. The van der Waals surface area contributed by atoms with Crippen molar-refractivity contribution in [2.45, 2.75) is 93.0 Å². The minimum absolute atomic E-state index is 0.00128. The van der Waals surface area contributed by atoms with E-state index in [0.717, 1.165) is 12.8 Å². The molecule has 0 aromatic heterocycles. The summed E-state index contributed by atoms with van der Waals surface area (Å²) in [6.07, 6.45) is 2.88. The van der Waals surface area contributed by atoms with Crippen molar-refractivity contribution >= 4 is 10.2 Å². The number of hydrogen-bond donors (Lipinski definition) is 2. The molecule has 4 nitrogen and oxygen atoms in total. The van der Waals surface area contributed by atoms with E-state index >= 15 is 0 Å². The van der Waals surface area contributed by atoms with Crippen LogP contribution >= 0.6 is 0 Å². The third kappa shape index (κ3) is 9.17. The number of ether oxygens (including phenoxy) is 1. The zero-order chi connectivity index (χ0) is 20.4. The van der Waals surface area contributed by atoms with Crippen LogP contribution in [0.3, 0.4) is 0 Å². The Kier molecular flexibility index (Phi) is 13.0. The van der Waals surface area contributed by atoms with Gasteiger partial charge in [-0.15, -0.1) is 0 Å². The number of aliphatic hydroxyl groups is 2. The molecule has 7 atom stereocenters. The molecule has 0 saturated heterocycles. The zero-order valence-corrected chi connectivity index (χ0v) is 19.1. The Morgan fingerprint density at radius 2 is 1.58 bits per heavy atom. The Hall–Kier alpha value is -0.156. The number of esters is 1. The molecular weight excluding hydrogens is 367 g/mol. The molecule has 0 aliphatic rings. The van der Waals surface area contributed by atoms with Crippen LogP contribution in [-0.4, -0.2) is 32.8 Å². The van der Waals surface area contributed by atoms with Crippen molar-refractivity contribution in [1.82, 2.24) is 0 Å². The van der Waals surface area contributed by atoms with E-state index < -0.39 is 24.3 Å². The van der Waals surface area contributed by atoms with E-state index in [2.05, 4.69) is 44.7 Å². The van der Waals surface area contributed by atoms with E-state index in [1.165, 1.54) is 17.1 Å². The quantitative estimate of drug-likeness (QED) is 0.356. The molecule has 0 aromatic rings. The van der Waals surface area contributed by atoms with Crippen molar-refractivity contribution in [2.75, 3.05) is 0 Å².